The lowest BCUT2D eigenvalue weighted by molar-refractivity contribution is -0.122. The maximum absolute atomic E-state index is 15.1. The number of carbonyl (C=O) groups excluding carboxylic acids is 2. The van der Waals surface area contributed by atoms with E-state index in [1.165, 1.54) is 19.2 Å². The summed E-state index contributed by atoms with van der Waals surface area (Å²) in [5, 5.41) is 24.5. The molecule has 45 heavy (non-hydrogen) atoms. The summed E-state index contributed by atoms with van der Waals surface area (Å²) in [6.07, 6.45) is 1.94. The average Bonchev–Trinajstić information content (AvgIpc) is 3.59. The van der Waals surface area contributed by atoms with Gasteiger partial charge in [-0.05, 0) is 73.1 Å². The molecule has 0 spiro atoms. The molecule has 2 fully saturated rings. The highest BCUT2D eigenvalue weighted by atomic mass is 32.2. The SMILES string of the molecule is COc1cc(F)c(-c2ccc(O)c(C(=O)O)c2)cc1C(=O)N[C@H]1[C@@H]2CC[C@@H](C2)[C@H]1C(=O)Nc1cccc(S(=O)(=O)C(F)(F)F)c1. The van der Waals surface area contributed by atoms with Crippen LogP contribution in [0.2, 0.25) is 0 Å². The number of methoxy groups -OCH3 is 1. The molecule has 2 amide bonds. The molecule has 10 nitrogen and oxygen atoms in total. The smallest absolute Gasteiger partial charge is 0.501 e. The Hall–Kier alpha value is -4.66. The quantitative estimate of drug-likeness (QED) is 0.249. The van der Waals surface area contributed by atoms with Crippen LogP contribution in [0.3, 0.4) is 0 Å². The van der Waals surface area contributed by atoms with Gasteiger partial charge in [0.05, 0.1) is 23.5 Å². The number of alkyl halides is 3. The zero-order valence-corrected chi connectivity index (χ0v) is 24.2. The Labute approximate surface area is 253 Å². The molecule has 0 unspecified atom stereocenters. The third kappa shape index (κ3) is 5.91. The largest absolute Gasteiger partial charge is 0.507 e. The van der Waals surface area contributed by atoms with Crippen LogP contribution in [0.5, 0.6) is 11.5 Å². The van der Waals surface area contributed by atoms with Gasteiger partial charge in [0.2, 0.25) is 5.91 Å². The van der Waals surface area contributed by atoms with Gasteiger partial charge in [0.1, 0.15) is 22.9 Å². The molecule has 0 saturated heterocycles. The number of hydrogen-bond acceptors (Lipinski definition) is 7. The number of hydrogen-bond donors (Lipinski definition) is 4. The van der Waals surface area contributed by atoms with Crippen molar-refractivity contribution in [3.05, 3.63) is 71.5 Å². The lowest BCUT2D eigenvalue weighted by Crippen LogP contribution is -2.48. The summed E-state index contributed by atoms with van der Waals surface area (Å²) in [6.45, 7) is 0. The van der Waals surface area contributed by atoms with Crippen LogP contribution < -0.4 is 15.4 Å². The minimum atomic E-state index is -5.65. The summed E-state index contributed by atoms with van der Waals surface area (Å²) in [6, 6.07) is 8.60. The van der Waals surface area contributed by atoms with Gasteiger partial charge in [-0.25, -0.2) is 17.6 Å². The first-order chi connectivity index (χ1) is 21.1. The third-order valence-electron chi connectivity index (χ3n) is 8.31. The molecule has 0 aromatic heterocycles. The fourth-order valence-electron chi connectivity index (χ4n) is 6.20. The number of carboxylic acid groups (broad SMARTS) is 1. The second kappa shape index (κ2) is 11.7. The van der Waals surface area contributed by atoms with Gasteiger partial charge in [0.15, 0.2) is 0 Å². The number of carboxylic acids is 1. The van der Waals surface area contributed by atoms with Crippen LogP contribution in [0, 0.1) is 23.6 Å². The monoisotopic (exact) mass is 650 g/mol. The number of benzene rings is 3. The first-order valence-corrected chi connectivity index (χ1v) is 15.1. The predicted octanol–water partition coefficient (Wildman–Crippen LogP) is 4.98. The molecule has 2 bridgehead atoms. The number of rotatable bonds is 8. The van der Waals surface area contributed by atoms with Crippen LogP contribution in [0.25, 0.3) is 11.1 Å². The summed E-state index contributed by atoms with van der Waals surface area (Å²) in [5.74, 6) is -5.40. The van der Waals surface area contributed by atoms with Crippen molar-refractivity contribution in [1.29, 1.82) is 0 Å². The standard InChI is InChI=1S/C30H26F4N2O8S/c1-44-24-13-22(31)19(14-7-8-23(37)20(10-14)29(40)41)12-21(24)27(38)36-26-16-6-5-15(9-16)25(26)28(39)35-17-3-2-4-18(11-17)45(42,43)30(32,33)34/h2-4,7-8,10-13,15-16,25-26,37H,5-6,9H2,1H3,(H,35,39)(H,36,38)(H,40,41)/t15-,16+,25+,26-/m0/s1. The number of ether oxygens (including phenoxy) is 1. The molecule has 0 heterocycles. The van der Waals surface area contributed by atoms with E-state index in [2.05, 4.69) is 10.6 Å². The molecular weight excluding hydrogens is 624 g/mol. The van der Waals surface area contributed by atoms with E-state index >= 15 is 4.39 Å². The number of fused-ring (bicyclic) bond motifs is 2. The van der Waals surface area contributed by atoms with Crippen LogP contribution in [0.15, 0.2) is 59.5 Å². The summed E-state index contributed by atoms with van der Waals surface area (Å²) < 4.78 is 83.2. The second-order valence-corrected chi connectivity index (χ2v) is 12.8. The zero-order chi connectivity index (χ0) is 32.8. The van der Waals surface area contributed by atoms with Gasteiger partial charge in [-0.3, -0.25) is 9.59 Å². The van der Waals surface area contributed by atoms with Gasteiger partial charge in [0.25, 0.3) is 15.7 Å². The van der Waals surface area contributed by atoms with Crippen molar-refractivity contribution < 1.29 is 55.3 Å². The van der Waals surface area contributed by atoms with E-state index in [9.17, 15) is 46.2 Å². The molecule has 3 aromatic rings. The van der Waals surface area contributed by atoms with Gasteiger partial charge in [-0.1, -0.05) is 12.1 Å². The molecular formula is C30H26F4N2O8S. The Balaban J connectivity index is 1.41. The van der Waals surface area contributed by atoms with E-state index < -0.39 is 67.1 Å². The van der Waals surface area contributed by atoms with Gasteiger partial charge < -0.3 is 25.6 Å². The molecule has 2 aliphatic rings. The minimum absolute atomic E-state index is 0.0614. The highest BCUT2D eigenvalue weighted by Gasteiger charge is 2.52. The molecule has 0 aliphatic heterocycles. The topological polar surface area (TPSA) is 159 Å². The first-order valence-electron chi connectivity index (χ1n) is 13.6. The highest BCUT2D eigenvalue weighted by Crippen LogP contribution is 2.49. The Morgan fingerprint density at radius 1 is 0.978 bits per heavy atom. The van der Waals surface area contributed by atoms with Crippen LogP contribution >= 0.6 is 0 Å². The van der Waals surface area contributed by atoms with Crippen LogP contribution in [-0.2, 0) is 14.6 Å². The van der Waals surface area contributed by atoms with Crippen LogP contribution in [0.1, 0.15) is 40.0 Å². The Morgan fingerprint density at radius 2 is 1.69 bits per heavy atom. The van der Waals surface area contributed by atoms with E-state index in [0.29, 0.717) is 25.3 Å². The lowest BCUT2D eigenvalue weighted by Gasteiger charge is -2.31. The van der Waals surface area contributed by atoms with Gasteiger partial charge >= 0.3 is 11.5 Å². The molecule has 2 saturated carbocycles. The van der Waals surface area contributed by atoms with E-state index in [1.807, 2.05) is 0 Å². The number of sulfone groups is 1. The van der Waals surface area contributed by atoms with Gasteiger partial charge in [-0.15, -0.1) is 0 Å². The van der Waals surface area contributed by atoms with Crippen molar-refractivity contribution in [3.8, 4) is 22.6 Å². The van der Waals surface area contributed by atoms with Crippen LogP contribution in [0.4, 0.5) is 23.2 Å². The number of phenols is 1. The van der Waals surface area contributed by atoms with Crippen molar-refractivity contribution in [2.45, 2.75) is 35.7 Å². The van der Waals surface area contributed by atoms with Gasteiger partial charge in [0, 0.05) is 23.4 Å². The van der Waals surface area contributed by atoms with Crippen LogP contribution in [-0.4, -0.2) is 55.1 Å². The summed E-state index contributed by atoms with van der Waals surface area (Å²) in [5.41, 5.74) is -6.39. The van der Waals surface area contributed by atoms with E-state index in [-0.39, 0.29) is 40.0 Å². The van der Waals surface area contributed by atoms with E-state index in [4.69, 9.17) is 4.74 Å². The molecule has 2 aliphatic carbocycles. The molecule has 4 atom stereocenters. The summed E-state index contributed by atoms with van der Waals surface area (Å²) in [7, 11) is -4.43. The molecule has 15 heteroatoms. The number of halogens is 4. The second-order valence-electron chi connectivity index (χ2n) is 10.9. The summed E-state index contributed by atoms with van der Waals surface area (Å²) in [4.78, 5) is 37.5. The Kier molecular flexibility index (Phi) is 8.25. The van der Waals surface area contributed by atoms with E-state index in [1.54, 1.807) is 0 Å². The lowest BCUT2D eigenvalue weighted by atomic mass is 9.83. The number of aromatic carboxylic acids is 1. The van der Waals surface area contributed by atoms with Crippen molar-refractivity contribution in [2.75, 3.05) is 12.4 Å². The highest BCUT2D eigenvalue weighted by molar-refractivity contribution is 7.92. The minimum Gasteiger partial charge on any atom is -0.507 e. The maximum Gasteiger partial charge on any atom is 0.501 e. The fraction of sp³-hybridized carbons (Fsp3) is 0.300. The molecule has 4 N–H and O–H groups in total. The van der Waals surface area contributed by atoms with E-state index in [0.717, 1.165) is 36.4 Å². The Morgan fingerprint density at radius 3 is 2.36 bits per heavy atom. The molecule has 3 aromatic carbocycles. The van der Waals surface area contributed by atoms with Gasteiger partial charge in [-0.2, -0.15) is 13.2 Å². The predicted molar refractivity (Wildman–Crippen MR) is 151 cm³/mol. The number of nitrogens with one attached hydrogen (secondary N) is 2. The summed E-state index contributed by atoms with van der Waals surface area (Å²) >= 11 is 0. The molecule has 5 rings (SSSR count). The fourth-order valence-corrected chi connectivity index (χ4v) is 7.01. The number of amides is 2. The number of anilines is 1. The maximum atomic E-state index is 15.1. The third-order valence-corrected chi connectivity index (χ3v) is 9.79. The first kappa shape index (κ1) is 31.8. The molecule has 0 radical (unpaired) electrons. The van der Waals surface area contributed by atoms with Crippen molar-refractivity contribution in [3.63, 3.8) is 0 Å². The normalized spacial score (nSPS) is 20.9. The zero-order valence-electron chi connectivity index (χ0n) is 23.4. The van der Waals surface area contributed by atoms with Crippen molar-refractivity contribution >= 4 is 33.3 Å². The molecule has 238 valence electrons. The Bertz CT molecular complexity index is 1810. The van der Waals surface area contributed by atoms with Crippen molar-refractivity contribution in [1.82, 2.24) is 5.32 Å². The average molecular weight is 651 g/mol. The van der Waals surface area contributed by atoms with Crippen molar-refractivity contribution in [2.24, 2.45) is 17.8 Å². The number of aromatic hydroxyl groups is 1. The number of carbonyl (C=O) groups is 3.